The minimum atomic E-state index is -3.10. The van der Waals surface area contributed by atoms with Crippen LogP contribution in [-0.2, 0) is 0 Å². The molecule has 0 spiro atoms. The maximum absolute atomic E-state index is 13.5. The van der Waals surface area contributed by atoms with E-state index in [9.17, 15) is 17.6 Å². The number of allylic oxidation sites excluding steroid dienone is 2. The largest absolute Gasteiger partial charge is 0.395 e. The fourth-order valence-corrected chi connectivity index (χ4v) is 1.17. The van der Waals surface area contributed by atoms with Crippen LogP contribution in [0.3, 0.4) is 0 Å². The Labute approximate surface area is 76.9 Å². The van der Waals surface area contributed by atoms with Gasteiger partial charge < -0.3 is 5.11 Å². The number of rotatable bonds is 2. The summed E-state index contributed by atoms with van der Waals surface area (Å²) in [6.45, 7) is -1.11. The van der Waals surface area contributed by atoms with Crippen molar-refractivity contribution in [2.75, 3.05) is 6.61 Å². The smallest absolute Gasteiger partial charge is 0.236 e. The van der Waals surface area contributed by atoms with Crippen LogP contribution in [0.2, 0.25) is 0 Å². The van der Waals surface area contributed by atoms with E-state index in [0.717, 1.165) is 0 Å². The number of hydrogen-bond acceptors (Lipinski definition) is 3. The summed E-state index contributed by atoms with van der Waals surface area (Å²) in [6, 6.07) is 0. The van der Waals surface area contributed by atoms with Crippen LogP contribution in [0.1, 0.15) is 0 Å². The molecule has 0 bridgehead atoms. The van der Waals surface area contributed by atoms with Gasteiger partial charge in [0.05, 0.1) is 12.5 Å². The van der Waals surface area contributed by atoms with Crippen molar-refractivity contribution in [1.82, 2.24) is 5.43 Å². The van der Waals surface area contributed by atoms with Crippen LogP contribution in [0.4, 0.5) is 17.6 Å². The molecule has 3 nitrogen and oxygen atoms in total. The number of hydrazine groups is 1. The highest BCUT2D eigenvalue weighted by Crippen LogP contribution is 2.40. The Kier molecular flexibility index (Phi) is 2.93. The minimum absolute atomic E-state index is 0.0430. The van der Waals surface area contributed by atoms with Gasteiger partial charge in [0.25, 0.3) is 0 Å². The molecule has 0 heterocycles. The average Bonchev–Trinajstić information content (AvgIpc) is 2.16. The molecular formula is C7H8F4N2O. The van der Waals surface area contributed by atoms with E-state index in [1.165, 1.54) is 5.43 Å². The highest BCUT2D eigenvalue weighted by molar-refractivity contribution is 5.32. The molecule has 7 heteroatoms. The summed E-state index contributed by atoms with van der Waals surface area (Å²) in [7, 11) is 0. The predicted molar refractivity (Wildman–Crippen MR) is 40.2 cm³/mol. The number of aliphatic hydroxyl groups is 1. The van der Waals surface area contributed by atoms with Crippen molar-refractivity contribution in [3.8, 4) is 0 Å². The van der Waals surface area contributed by atoms with Gasteiger partial charge in [-0.3, -0.25) is 5.84 Å². The van der Waals surface area contributed by atoms with Gasteiger partial charge >= 0.3 is 0 Å². The number of alkyl halides is 1. The summed E-state index contributed by atoms with van der Waals surface area (Å²) >= 11 is 0. The summed E-state index contributed by atoms with van der Waals surface area (Å²) < 4.78 is 51.9. The molecule has 0 aromatic heterocycles. The van der Waals surface area contributed by atoms with E-state index in [1.807, 2.05) is 0 Å². The Morgan fingerprint density at radius 1 is 1.50 bits per heavy atom. The summed E-state index contributed by atoms with van der Waals surface area (Å²) in [5.41, 5.74) is 1.37. The van der Waals surface area contributed by atoms with Crippen LogP contribution in [0, 0.1) is 5.92 Å². The van der Waals surface area contributed by atoms with Crippen molar-refractivity contribution in [2.24, 2.45) is 11.8 Å². The van der Waals surface area contributed by atoms with Gasteiger partial charge in [-0.1, -0.05) is 0 Å². The summed E-state index contributed by atoms with van der Waals surface area (Å²) in [5.74, 6) is -5.18. The molecule has 0 amide bonds. The fraction of sp³-hybridized carbons (Fsp3) is 0.429. The zero-order valence-electron chi connectivity index (χ0n) is 6.90. The lowest BCUT2D eigenvalue weighted by molar-refractivity contribution is 0.0249. The molecule has 0 radical (unpaired) electrons. The molecule has 0 saturated heterocycles. The number of hydrogen-bond donors (Lipinski definition) is 3. The normalized spacial score (nSPS) is 33.3. The molecule has 1 aliphatic carbocycles. The van der Waals surface area contributed by atoms with Crippen LogP contribution < -0.4 is 11.3 Å². The number of nitrogens with one attached hydrogen (secondary N) is 1. The Bertz CT molecular complexity index is 304. The topological polar surface area (TPSA) is 58.3 Å². The van der Waals surface area contributed by atoms with Gasteiger partial charge in [0.1, 0.15) is 5.83 Å². The molecule has 0 aromatic rings. The first-order valence-electron chi connectivity index (χ1n) is 3.67. The van der Waals surface area contributed by atoms with Crippen LogP contribution in [0.15, 0.2) is 23.6 Å². The second-order valence-corrected chi connectivity index (χ2v) is 2.78. The van der Waals surface area contributed by atoms with Crippen molar-refractivity contribution >= 4 is 0 Å². The fourth-order valence-electron chi connectivity index (χ4n) is 1.17. The molecule has 0 fully saturated rings. The van der Waals surface area contributed by atoms with Crippen LogP contribution in [0.5, 0.6) is 0 Å². The second-order valence-electron chi connectivity index (χ2n) is 2.78. The van der Waals surface area contributed by atoms with E-state index in [1.54, 1.807) is 0 Å². The maximum atomic E-state index is 13.5. The van der Waals surface area contributed by atoms with E-state index < -0.39 is 35.8 Å². The number of aliphatic hydroxyl groups excluding tert-OH is 1. The van der Waals surface area contributed by atoms with Crippen molar-refractivity contribution < 1.29 is 22.7 Å². The Hall–Kier alpha value is -0.920. The minimum Gasteiger partial charge on any atom is -0.395 e. The lowest BCUT2D eigenvalue weighted by atomic mass is 9.91. The van der Waals surface area contributed by atoms with E-state index in [0.29, 0.717) is 0 Å². The third-order valence-electron chi connectivity index (χ3n) is 2.01. The molecule has 80 valence electrons. The standard InChI is InChI=1S/C7H8F4N2O/c8-4-1-5(9)7(11,13-12)3(2-14)6(4)10/h1,3,13-14H,2,12H2. The summed E-state index contributed by atoms with van der Waals surface area (Å²) in [6.07, 6.45) is 0.0430. The van der Waals surface area contributed by atoms with Gasteiger partial charge in [0, 0.05) is 6.08 Å². The third-order valence-corrected chi connectivity index (χ3v) is 2.01. The number of nitrogens with two attached hydrogens (primary N) is 1. The number of halogens is 4. The van der Waals surface area contributed by atoms with E-state index in [4.69, 9.17) is 5.11 Å². The molecule has 1 rings (SSSR count). The molecule has 1 aliphatic rings. The Morgan fingerprint density at radius 2 is 2.07 bits per heavy atom. The van der Waals surface area contributed by atoms with Crippen LogP contribution in [0.25, 0.3) is 0 Å². The van der Waals surface area contributed by atoms with Crippen molar-refractivity contribution in [1.29, 1.82) is 0 Å². The summed E-state index contributed by atoms with van der Waals surface area (Å²) in [5, 5.41) is 8.59. The zero-order valence-corrected chi connectivity index (χ0v) is 6.90. The van der Waals surface area contributed by atoms with E-state index >= 15 is 0 Å². The molecule has 0 aliphatic heterocycles. The van der Waals surface area contributed by atoms with Gasteiger partial charge in [0.2, 0.25) is 5.79 Å². The lowest BCUT2D eigenvalue weighted by Gasteiger charge is -2.31. The van der Waals surface area contributed by atoms with Crippen molar-refractivity contribution in [3.05, 3.63) is 23.6 Å². The first-order valence-corrected chi connectivity index (χ1v) is 3.67. The first kappa shape index (κ1) is 11.2. The van der Waals surface area contributed by atoms with Crippen molar-refractivity contribution in [2.45, 2.75) is 5.79 Å². The zero-order chi connectivity index (χ0) is 10.9. The molecule has 14 heavy (non-hydrogen) atoms. The second kappa shape index (κ2) is 3.68. The first-order chi connectivity index (χ1) is 6.47. The van der Waals surface area contributed by atoms with E-state index in [2.05, 4.69) is 5.84 Å². The highest BCUT2D eigenvalue weighted by atomic mass is 19.2. The maximum Gasteiger partial charge on any atom is 0.236 e. The Morgan fingerprint density at radius 3 is 2.50 bits per heavy atom. The quantitative estimate of drug-likeness (QED) is 0.274. The van der Waals surface area contributed by atoms with Crippen LogP contribution in [-0.4, -0.2) is 17.5 Å². The molecule has 4 N–H and O–H groups in total. The van der Waals surface area contributed by atoms with E-state index in [-0.39, 0.29) is 6.08 Å². The third kappa shape index (κ3) is 1.43. The average molecular weight is 212 g/mol. The molecule has 2 atom stereocenters. The van der Waals surface area contributed by atoms with Gasteiger partial charge in [-0.05, 0) is 0 Å². The molecule has 0 aromatic carbocycles. The Balaban J connectivity index is 3.19. The van der Waals surface area contributed by atoms with Crippen molar-refractivity contribution in [3.63, 3.8) is 0 Å². The highest BCUT2D eigenvalue weighted by Gasteiger charge is 2.49. The molecular weight excluding hydrogens is 204 g/mol. The molecule has 0 saturated carbocycles. The van der Waals surface area contributed by atoms with Gasteiger partial charge in [-0.2, -0.15) is 0 Å². The van der Waals surface area contributed by atoms with Gasteiger partial charge in [-0.15, -0.1) is 0 Å². The predicted octanol–water partition coefficient (Wildman–Crippen LogP) is 0.742. The summed E-state index contributed by atoms with van der Waals surface area (Å²) in [4.78, 5) is 0. The SMILES string of the molecule is NNC1(F)C(F)=CC(F)=C(F)C1CO. The van der Waals surface area contributed by atoms with Gasteiger partial charge in [-0.25, -0.2) is 23.0 Å². The lowest BCUT2D eigenvalue weighted by Crippen LogP contribution is -2.54. The van der Waals surface area contributed by atoms with Crippen LogP contribution >= 0.6 is 0 Å². The van der Waals surface area contributed by atoms with Gasteiger partial charge in [0.15, 0.2) is 11.7 Å². The monoisotopic (exact) mass is 212 g/mol. The molecule has 2 unspecified atom stereocenters.